The number of rotatable bonds is 3. The second-order valence-corrected chi connectivity index (χ2v) is 7.79. The first kappa shape index (κ1) is 13.3. The van der Waals surface area contributed by atoms with Crippen LogP contribution in [0.3, 0.4) is 0 Å². The monoisotopic (exact) mass is 289 g/mol. The van der Waals surface area contributed by atoms with Crippen molar-refractivity contribution in [3.63, 3.8) is 0 Å². The zero-order chi connectivity index (χ0) is 13.6. The molecule has 1 saturated heterocycles. The summed E-state index contributed by atoms with van der Waals surface area (Å²) in [5.74, 6) is -0.467. The van der Waals surface area contributed by atoms with Gasteiger partial charge in [0.2, 0.25) is 5.91 Å². The second kappa shape index (κ2) is 4.22. The fraction of sp³-hybridized carbons (Fsp3) is 0.500. The first-order valence-corrected chi connectivity index (χ1v) is 7.72. The van der Waals surface area contributed by atoms with Crippen LogP contribution in [-0.2, 0) is 14.8 Å². The number of nitrogens with two attached hydrogens (primary N) is 2. The van der Waals surface area contributed by atoms with E-state index in [0.717, 1.165) is 11.3 Å². The number of nitrogen functional groups attached to an aromatic ring is 1. The number of thiophene rings is 1. The molecule has 8 heteroatoms. The van der Waals surface area contributed by atoms with E-state index in [0.29, 0.717) is 18.7 Å². The van der Waals surface area contributed by atoms with Gasteiger partial charge in [-0.3, -0.25) is 4.79 Å². The van der Waals surface area contributed by atoms with Crippen molar-refractivity contribution in [2.24, 2.45) is 11.1 Å². The van der Waals surface area contributed by atoms with Gasteiger partial charge in [-0.25, -0.2) is 8.42 Å². The number of nitrogens with zero attached hydrogens (tertiary/aromatic N) is 1. The number of carbonyl (C=O) groups is 1. The van der Waals surface area contributed by atoms with Crippen LogP contribution in [0.1, 0.15) is 13.3 Å². The van der Waals surface area contributed by atoms with Crippen LogP contribution in [0.15, 0.2) is 15.7 Å². The molecule has 1 aliphatic rings. The minimum atomic E-state index is -3.56. The standard InChI is InChI=1S/C10H15N3O3S2/c1-10(9(12)14)2-3-13(6-10)18(15,16)8-4-7(11)5-17-8/h4-5H,2-3,6,11H2,1H3,(H2,12,14). The first-order valence-electron chi connectivity index (χ1n) is 5.40. The van der Waals surface area contributed by atoms with Crippen LogP contribution >= 0.6 is 11.3 Å². The van der Waals surface area contributed by atoms with Crippen molar-refractivity contribution in [2.45, 2.75) is 17.6 Å². The van der Waals surface area contributed by atoms with Crippen molar-refractivity contribution in [3.05, 3.63) is 11.4 Å². The lowest BCUT2D eigenvalue weighted by atomic mass is 9.89. The molecule has 1 fully saturated rings. The number of hydrogen-bond donors (Lipinski definition) is 2. The fourth-order valence-corrected chi connectivity index (χ4v) is 4.72. The topological polar surface area (TPSA) is 106 Å². The number of hydrogen-bond acceptors (Lipinski definition) is 5. The van der Waals surface area contributed by atoms with E-state index >= 15 is 0 Å². The Kier molecular flexibility index (Phi) is 3.12. The molecule has 1 amide bonds. The highest BCUT2D eigenvalue weighted by molar-refractivity contribution is 7.91. The Balaban J connectivity index is 2.27. The zero-order valence-corrected chi connectivity index (χ0v) is 11.6. The van der Waals surface area contributed by atoms with Crippen LogP contribution in [0, 0.1) is 5.41 Å². The van der Waals surface area contributed by atoms with Crippen molar-refractivity contribution in [1.82, 2.24) is 4.31 Å². The number of sulfonamides is 1. The van der Waals surface area contributed by atoms with Crippen LogP contribution in [0.4, 0.5) is 5.69 Å². The highest BCUT2D eigenvalue weighted by Crippen LogP contribution is 2.34. The van der Waals surface area contributed by atoms with Crippen molar-refractivity contribution >= 4 is 33.0 Å². The van der Waals surface area contributed by atoms with E-state index in [4.69, 9.17) is 11.5 Å². The van der Waals surface area contributed by atoms with Gasteiger partial charge in [-0.05, 0) is 19.4 Å². The third-order valence-electron chi connectivity index (χ3n) is 3.22. The maximum atomic E-state index is 12.3. The van der Waals surface area contributed by atoms with Crippen molar-refractivity contribution in [1.29, 1.82) is 0 Å². The molecule has 0 saturated carbocycles. The van der Waals surface area contributed by atoms with E-state index in [1.807, 2.05) is 0 Å². The van der Waals surface area contributed by atoms with Gasteiger partial charge in [-0.2, -0.15) is 4.31 Å². The molecule has 1 aliphatic heterocycles. The van der Waals surface area contributed by atoms with Gasteiger partial charge in [0.15, 0.2) is 0 Å². The molecular formula is C10H15N3O3S2. The third kappa shape index (κ3) is 2.11. The number of anilines is 1. The van der Waals surface area contributed by atoms with Crippen LogP contribution in [0.25, 0.3) is 0 Å². The number of amides is 1. The largest absolute Gasteiger partial charge is 0.398 e. The summed E-state index contributed by atoms with van der Waals surface area (Å²) in [4.78, 5) is 11.3. The van der Waals surface area contributed by atoms with Crippen LogP contribution in [0.5, 0.6) is 0 Å². The summed E-state index contributed by atoms with van der Waals surface area (Å²) in [5, 5.41) is 1.58. The summed E-state index contributed by atoms with van der Waals surface area (Å²) >= 11 is 1.08. The van der Waals surface area contributed by atoms with Gasteiger partial charge in [0.25, 0.3) is 10.0 Å². The average Bonchev–Trinajstić information content (AvgIpc) is 2.86. The summed E-state index contributed by atoms with van der Waals surface area (Å²) in [6.07, 6.45) is 0.447. The van der Waals surface area contributed by atoms with E-state index in [9.17, 15) is 13.2 Å². The molecule has 6 nitrogen and oxygen atoms in total. The maximum absolute atomic E-state index is 12.3. The Morgan fingerprint density at radius 2 is 2.22 bits per heavy atom. The normalized spacial score (nSPS) is 25.4. The van der Waals surface area contributed by atoms with Gasteiger partial charge in [-0.1, -0.05) is 0 Å². The molecule has 1 aromatic rings. The summed E-state index contributed by atoms with van der Waals surface area (Å²) < 4.78 is 26.1. The van der Waals surface area contributed by atoms with Crippen LogP contribution < -0.4 is 11.5 Å². The SMILES string of the molecule is CC1(C(N)=O)CCN(S(=O)(=O)c2cc(N)cs2)C1. The molecule has 0 aromatic carbocycles. The molecule has 4 N–H and O–H groups in total. The Morgan fingerprint density at radius 1 is 1.56 bits per heavy atom. The predicted molar refractivity (Wildman–Crippen MR) is 69.4 cm³/mol. The predicted octanol–water partition coefficient (Wildman–Crippen LogP) is 0.216. The Hall–Kier alpha value is -1.12. The lowest BCUT2D eigenvalue weighted by molar-refractivity contribution is -0.126. The highest BCUT2D eigenvalue weighted by atomic mass is 32.2. The summed E-state index contributed by atoms with van der Waals surface area (Å²) in [5.41, 5.74) is 10.5. The van der Waals surface area contributed by atoms with Crippen molar-refractivity contribution in [3.8, 4) is 0 Å². The van der Waals surface area contributed by atoms with Crippen molar-refractivity contribution < 1.29 is 13.2 Å². The lowest BCUT2D eigenvalue weighted by Crippen LogP contribution is -2.38. The van der Waals surface area contributed by atoms with Crippen LogP contribution in [-0.4, -0.2) is 31.7 Å². The van der Waals surface area contributed by atoms with Gasteiger partial charge in [0.05, 0.1) is 5.41 Å². The molecule has 1 unspecified atom stereocenters. The summed E-state index contributed by atoms with van der Waals surface area (Å²) in [7, 11) is -3.56. The molecule has 2 heterocycles. The molecule has 18 heavy (non-hydrogen) atoms. The van der Waals surface area contributed by atoms with Gasteiger partial charge in [0, 0.05) is 24.2 Å². The molecule has 0 aliphatic carbocycles. The van der Waals surface area contributed by atoms with Crippen molar-refractivity contribution in [2.75, 3.05) is 18.8 Å². The Labute approximate surface area is 110 Å². The maximum Gasteiger partial charge on any atom is 0.252 e. The minimum Gasteiger partial charge on any atom is -0.398 e. The Morgan fingerprint density at radius 3 is 2.67 bits per heavy atom. The summed E-state index contributed by atoms with van der Waals surface area (Å²) in [6, 6.07) is 1.43. The molecule has 100 valence electrons. The van der Waals surface area contributed by atoms with Gasteiger partial charge in [0.1, 0.15) is 4.21 Å². The van der Waals surface area contributed by atoms with E-state index in [1.165, 1.54) is 10.4 Å². The van der Waals surface area contributed by atoms with E-state index in [1.54, 1.807) is 12.3 Å². The Bertz CT molecular complexity index is 581. The fourth-order valence-electron chi connectivity index (χ4n) is 1.92. The van der Waals surface area contributed by atoms with Gasteiger partial charge in [-0.15, -0.1) is 11.3 Å². The van der Waals surface area contributed by atoms with Gasteiger partial charge >= 0.3 is 0 Å². The zero-order valence-electron chi connectivity index (χ0n) is 9.92. The molecule has 2 rings (SSSR count). The lowest BCUT2D eigenvalue weighted by Gasteiger charge is -2.20. The molecule has 0 bridgehead atoms. The highest BCUT2D eigenvalue weighted by Gasteiger charge is 2.43. The smallest absolute Gasteiger partial charge is 0.252 e. The molecule has 1 aromatic heterocycles. The number of carbonyl (C=O) groups excluding carboxylic acids is 1. The minimum absolute atomic E-state index is 0.127. The quantitative estimate of drug-likeness (QED) is 0.829. The molecule has 0 radical (unpaired) electrons. The van der Waals surface area contributed by atoms with Crippen LogP contribution in [0.2, 0.25) is 0 Å². The third-order valence-corrected chi connectivity index (χ3v) is 6.50. The second-order valence-electron chi connectivity index (χ2n) is 4.71. The molecular weight excluding hydrogens is 274 g/mol. The van der Waals surface area contributed by atoms with E-state index in [-0.39, 0.29) is 10.8 Å². The first-order chi connectivity index (χ1) is 8.25. The summed E-state index contributed by atoms with van der Waals surface area (Å²) in [6.45, 7) is 2.12. The average molecular weight is 289 g/mol. The molecule has 0 spiro atoms. The number of primary amides is 1. The van der Waals surface area contributed by atoms with E-state index < -0.39 is 21.3 Å². The van der Waals surface area contributed by atoms with Gasteiger partial charge < -0.3 is 11.5 Å². The van der Waals surface area contributed by atoms with E-state index in [2.05, 4.69) is 0 Å². The molecule has 1 atom stereocenters.